The molecule has 0 spiro atoms. The van der Waals surface area contributed by atoms with Gasteiger partial charge in [-0.3, -0.25) is 0 Å². The molecule has 0 heterocycles. The Morgan fingerprint density at radius 1 is 0.788 bits per heavy atom. The standard InChI is InChI=1S/C30H45O2P/c1-23(2)31-28-21-14-22-30(32-24(3)4,29(28)25-15-8-5-9-16-25)33(26-17-10-6-11-18-26)27-19-12-7-13-20-27/h5,8-9,14-16,21-24,26-27,29H,6-7,10-13,17-20H2,1-4H3. The van der Waals surface area contributed by atoms with Crippen molar-refractivity contribution >= 4 is 7.92 Å². The summed E-state index contributed by atoms with van der Waals surface area (Å²) in [5, 5.41) is -0.298. The summed E-state index contributed by atoms with van der Waals surface area (Å²) in [6, 6.07) is 11.1. The van der Waals surface area contributed by atoms with Gasteiger partial charge >= 0.3 is 0 Å². The van der Waals surface area contributed by atoms with Crippen LogP contribution in [0, 0.1) is 0 Å². The molecule has 3 heteroatoms. The Hall–Kier alpha value is -1.11. The first-order chi connectivity index (χ1) is 16.0. The van der Waals surface area contributed by atoms with Crippen LogP contribution in [-0.4, -0.2) is 28.9 Å². The van der Waals surface area contributed by atoms with Crippen LogP contribution in [0.1, 0.15) is 103 Å². The number of rotatable bonds is 8. The molecular weight excluding hydrogens is 423 g/mol. The lowest BCUT2D eigenvalue weighted by Gasteiger charge is -2.54. The molecule has 2 unspecified atom stereocenters. The first kappa shape index (κ1) is 25.0. The fourth-order valence-corrected chi connectivity index (χ4v) is 11.2. The van der Waals surface area contributed by atoms with Gasteiger partial charge in [-0.15, -0.1) is 0 Å². The van der Waals surface area contributed by atoms with Crippen molar-refractivity contribution in [3.63, 3.8) is 0 Å². The Morgan fingerprint density at radius 3 is 1.88 bits per heavy atom. The van der Waals surface area contributed by atoms with Gasteiger partial charge in [0.05, 0.1) is 18.1 Å². The molecule has 0 bridgehead atoms. The SMILES string of the molecule is CC(C)OC1=CC=CC(OC(C)C)(P(C2CCCCC2)C2CCCCC2)C1c1ccccc1. The number of allylic oxidation sites excluding steroid dienone is 2. The fraction of sp³-hybridized carbons (Fsp3) is 0.667. The van der Waals surface area contributed by atoms with Crippen LogP contribution in [0.4, 0.5) is 0 Å². The highest BCUT2D eigenvalue weighted by molar-refractivity contribution is 7.61. The van der Waals surface area contributed by atoms with Crippen LogP contribution in [0.25, 0.3) is 0 Å². The van der Waals surface area contributed by atoms with E-state index in [4.69, 9.17) is 9.47 Å². The molecule has 0 N–H and O–H groups in total. The lowest BCUT2D eigenvalue weighted by molar-refractivity contribution is -0.0189. The summed E-state index contributed by atoms with van der Waals surface area (Å²) in [4.78, 5) is 0. The van der Waals surface area contributed by atoms with E-state index in [1.807, 2.05) is 0 Å². The summed E-state index contributed by atoms with van der Waals surface area (Å²) in [7, 11) is -0.376. The zero-order valence-electron chi connectivity index (χ0n) is 21.3. The molecule has 0 amide bonds. The summed E-state index contributed by atoms with van der Waals surface area (Å²) in [6.45, 7) is 8.76. The molecule has 3 aliphatic rings. The number of hydrogen-bond acceptors (Lipinski definition) is 2. The third-order valence-corrected chi connectivity index (χ3v) is 11.5. The van der Waals surface area contributed by atoms with Crippen LogP contribution in [0.3, 0.4) is 0 Å². The third kappa shape index (κ3) is 5.76. The Balaban J connectivity index is 1.86. The topological polar surface area (TPSA) is 18.5 Å². The fourth-order valence-electron chi connectivity index (χ4n) is 6.47. The van der Waals surface area contributed by atoms with Gasteiger partial charge in [-0.25, -0.2) is 0 Å². The summed E-state index contributed by atoms with van der Waals surface area (Å²) in [5.41, 5.74) is 2.93. The highest BCUT2D eigenvalue weighted by Gasteiger charge is 2.54. The zero-order valence-corrected chi connectivity index (χ0v) is 22.2. The zero-order chi connectivity index (χ0) is 23.3. The molecule has 2 fully saturated rings. The van der Waals surface area contributed by atoms with Gasteiger partial charge in [0, 0.05) is 0 Å². The maximum absolute atomic E-state index is 7.25. The largest absolute Gasteiger partial charge is 0.495 e. The monoisotopic (exact) mass is 468 g/mol. The second kappa shape index (κ2) is 11.5. The van der Waals surface area contributed by atoms with Crippen LogP contribution in [0.2, 0.25) is 0 Å². The summed E-state index contributed by atoms with van der Waals surface area (Å²) >= 11 is 0. The van der Waals surface area contributed by atoms with Crippen LogP contribution < -0.4 is 0 Å². The van der Waals surface area contributed by atoms with Crippen molar-refractivity contribution in [3.8, 4) is 0 Å². The summed E-state index contributed by atoms with van der Waals surface area (Å²) in [5.74, 6) is 1.22. The van der Waals surface area contributed by atoms with Crippen molar-refractivity contribution < 1.29 is 9.47 Å². The molecule has 0 saturated heterocycles. The van der Waals surface area contributed by atoms with Gasteiger partial charge in [-0.1, -0.05) is 82.9 Å². The van der Waals surface area contributed by atoms with E-state index in [1.165, 1.54) is 69.8 Å². The van der Waals surface area contributed by atoms with Crippen LogP contribution in [-0.2, 0) is 9.47 Å². The summed E-state index contributed by atoms with van der Waals surface area (Å²) < 4.78 is 13.8. The number of ether oxygens (including phenoxy) is 2. The van der Waals surface area contributed by atoms with Gasteiger partial charge in [0.2, 0.25) is 0 Å². The first-order valence-corrected chi connectivity index (χ1v) is 15.1. The molecule has 2 atom stereocenters. The van der Waals surface area contributed by atoms with Crippen molar-refractivity contribution in [2.45, 2.75) is 127 Å². The normalized spacial score (nSPS) is 27.4. The van der Waals surface area contributed by atoms with E-state index in [1.54, 1.807) is 0 Å². The maximum atomic E-state index is 7.25. The van der Waals surface area contributed by atoms with Crippen LogP contribution in [0.5, 0.6) is 0 Å². The molecule has 1 aromatic rings. The molecule has 1 aromatic carbocycles. The van der Waals surface area contributed by atoms with Gasteiger partial charge < -0.3 is 9.47 Å². The highest BCUT2D eigenvalue weighted by atomic mass is 31.1. The molecular formula is C30H45O2P. The third-order valence-electron chi connectivity index (χ3n) is 7.56. The average Bonchev–Trinajstić information content (AvgIpc) is 2.80. The van der Waals surface area contributed by atoms with Crippen molar-refractivity contribution in [1.82, 2.24) is 0 Å². The Bertz CT molecular complexity index is 769. The quantitative estimate of drug-likeness (QED) is 0.355. The molecule has 2 saturated carbocycles. The second-order valence-electron chi connectivity index (χ2n) is 10.8. The van der Waals surface area contributed by atoms with E-state index in [2.05, 4.69) is 76.3 Å². The Labute approximate surface area is 204 Å². The predicted molar refractivity (Wildman–Crippen MR) is 142 cm³/mol. The predicted octanol–water partition coefficient (Wildman–Crippen LogP) is 8.92. The van der Waals surface area contributed by atoms with Crippen molar-refractivity contribution in [2.24, 2.45) is 0 Å². The van der Waals surface area contributed by atoms with Gasteiger partial charge in [0.15, 0.2) is 0 Å². The minimum absolute atomic E-state index is 0.128. The lowest BCUT2D eigenvalue weighted by atomic mass is 9.87. The van der Waals surface area contributed by atoms with Gasteiger partial charge in [-0.05, 0) is 82.4 Å². The van der Waals surface area contributed by atoms with Gasteiger partial charge in [0.25, 0.3) is 0 Å². The Morgan fingerprint density at radius 2 is 1.36 bits per heavy atom. The lowest BCUT2D eigenvalue weighted by Crippen LogP contribution is -2.46. The average molecular weight is 469 g/mol. The molecule has 0 aromatic heterocycles. The highest BCUT2D eigenvalue weighted by Crippen LogP contribution is 2.70. The second-order valence-corrected chi connectivity index (χ2v) is 13.8. The first-order valence-electron chi connectivity index (χ1n) is 13.6. The molecule has 33 heavy (non-hydrogen) atoms. The van der Waals surface area contributed by atoms with Gasteiger partial charge in [0.1, 0.15) is 11.1 Å². The van der Waals surface area contributed by atoms with E-state index in [0.717, 1.165) is 17.1 Å². The minimum Gasteiger partial charge on any atom is -0.495 e. The van der Waals surface area contributed by atoms with Gasteiger partial charge in [-0.2, -0.15) is 0 Å². The van der Waals surface area contributed by atoms with Crippen LogP contribution >= 0.6 is 7.92 Å². The smallest absolute Gasteiger partial charge is 0.120 e. The molecule has 4 rings (SSSR count). The Kier molecular flexibility index (Phi) is 8.75. The molecule has 2 nitrogen and oxygen atoms in total. The van der Waals surface area contributed by atoms with E-state index in [9.17, 15) is 0 Å². The van der Waals surface area contributed by atoms with Crippen molar-refractivity contribution in [3.05, 3.63) is 59.9 Å². The number of hydrogen-bond donors (Lipinski definition) is 0. The summed E-state index contributed by atoms with van der Waals surface area (Å²) in [6.07, 6.45) is 21.2. The minimum atomic E-state index is -0.376. The maximum Gasteiger partial charge on any atom is 0.120 e. The van der Waals surface area contributed by atoms with E-state index in [-0.39, 0.29) is 31.4 Å². The molecule has 0 radical (unpaired) electrons. The molecule has 182 valence electrons. The van der Waals surface area contributed by atoms with E-state index in [0.29, 0.717) is 0 Å². The molecule has 3 aliphatic carbocycles. The molecule has 0 aliphatic heterocycles. The van der Waals surface area contributed by atoms with E-state index >= 15 is 0 Å². The number of benzene rings is 1. The van der Waals surface area contributed by atoms with Crippen molar-refractivity contribution in [1.29, 1.82) is 0 Å². The van der Waals surface area contributed by atoms with E-state index < -0.39 is 0 Å². The van der Waals surface area contributed by atoms with Crippen molar-refractivity contribution in [2.75, 3.05) is 0 Å². The van der Waals surface area contributed by atoms with Crippen LogP contribution in [0.15, 0.2) is 54.3 Å².